The highest BCUT2D eigenvalue weighted by molar-refractivity contribution is 5.46. The summed E-state index contributed by atoms with van der Waals surface area (Å²) in [4.78, 5) is 0. The van der Waals surface area contributed by atoms with Crippen LogP contribution in [0.15, 0.2) is 24.3 Å². The Hall–Kier alpha value is -1.56. The Labute approximate surface area is 109 Å². The van der Waals surface area contributed by atoms with Crippen molar-refractivity contribution >= 4 is 5.69 Å². The number of para-hydroxylation sites is 1. The number of hydrogen-bond donors (Lipinski definition) is 1. The summed E-state index contributed by atoms with van der Waals surface area (Å²) in [6.07, 6.45) is 6.61. The zero-order valence-electron chi connectivity index (χ0n) is 11.0. The molecular formula is C15H21FN2. The summed E-state index contributed by atoms with van der Waals surface area (Å²) in [6.45, 7) is 2.18. The van der Waals surface area contributed by atoms with Crippen molar-refractivity contribution in [3.05, 3.63) is 30.1 Å². The van der Waals surface area contributed by atoms with E-state index in [9.17, 15) is 4.39 Å². The summed E-state index contributed by atoms with van der Waals surface area (Å²) >= 11 is 0. The van der Waals surface area contributed by atoms with Gasteiger partial charge in [-0.15, -0.1) is 0 Å². The van der Waals surface area contributed by atoms with Crippen LogP contribution < -0.4 is 5.32 Å². The second-order valence-corrected chi connectivity index (χ2v) is 4.51. The van der Waals surface area contributed by atoms with Gasteiger partial charge in [0, 0.05) is 0 Å². The lowest BCUT2D eigenvalue weighted by Gasteiger charge is -2.13. The van der Waals surface area contributed by atoms with E-state index in [-0.39, 0.29) is 11.9 Å². The third-order valence-corrected chi connectivity index (χ3v) is 2.96. The summed E-state index contributed by atoms with van der Waals surface area (Å²) in [5.41, 5.74) is 0.414. The van der Waals surface area contributed by atoms with E-state index in [1.807, 2.05) is 0 Å². The van der Waals surface area contributed by atoms with Gasteiger partial charge in [0.25, 0.3) is 0 Å². The van der Waals surface area contributed by atoms with Gasteiger partial charge in [0.15, 0.2) is 0 Å². The fraction of sp³-hybridized carbons (Fsp3) is 0.533. The third kappa shape index (κ3) is 5.18. The van der Waals surface area contributed by atoms with Crippen molar-refractivity contribution in [3.63, 3.8) is 0 Å². The lowest BCUT2D eigenvalue weighted by atomic mass is 10.1. The van der Waals surface area contributed by atoms with Gasteiger partial charge in [-0.3, -0.25) is 0 Å². The highest BCUT2D eigenvalue weighted by Crippen LogP contribution is 2.16. The Kier molecular flexibility index (Phi) is 6.86. The molecule has 1 aromatic carbocycles. The highest BCUT2D eigenvalue weighted by atomic mass is 19.1. The van der Waals surface area contributed by atoms with E-state index in [1.54, 1.807) is 18.2 Å². The average molecular weight is 248 g/mol. The largest absolute Gasteiger partial charge is 0.367 e. The van der Waals surface area contributed by atoms with Crippen molar-refractivity contribution in [1.29, 1.82) is 5.26 Å². The van der Waals surface area contributed by atoms with Crippen molar-refractivity contribution in [3.8, 4) is 6.07 Å². The number of anilines is 1. The summed E-state index contributed by atoms with van der Waals surface area (Å²) in [6, 6.07) is 8.36. The normalized spacial score (nSPS) is 11.8. The smallest absolute Gasteiger partial charge is 0.146 e. The van der Waals surface area contributed by atoms with Crippen LogP contribution in [0.4, 0.5) is 10.1 Å². The standard InChI is InChI=1S/C15H21FN2/c1-2-3-4-5-6-9-13(12-17)18-15-11-8-7-10-14(15)16/h7-8,10-11,13,18H,2-6,9H2,1H3. The van der Waals surface area contributed by atoms with E-state index in [0.717, 1.165) is 19.3 Å². The molecule has 0 radical (unpaired) electrons. The first-order chi connectivity index (χ1) is 8.77. The topological polar surface area (TPSA) is 35.8 Å². The second kappa shape index (κ2) is 8.52. The molecule has 0 aliphatic rings. The molecule has 0 aliphatic carbocycles. The van der Waals surface area contributed by atoms with E-state index in [0.29, 0.717) is 5.69 Å². The van der Waals surface area contributed by atoms with Gasteiger partial charge in [0.1, 0.15) is 11.9 Å². The van der Waals surface area contributed by atoms with Gasteiger partial charge in [-0.1, -0.05) is 51.2 Å². The zero-order valence-corrected chi connectivity index (χ0v) is 11.0. The number of rotatable bonds is 8. The molecule has 1 rings (SSSR count). The molecule has 1 N–H and O–H groups in total. The molecule has 98 valence electrons. The number of hydrogen-bond acceptors (Lipinski definition) is 2. The van der Waals surface area contributed by atoms with Crippen molar-refractivity contribution in [2.45, 2.75) is 51.5 Å². The van der Waals surface area contributed by atoms with Crippen molar-refractivity contribution in [2.75, 3.05) is 5.32 Å². The monoisotopic (exact) mass is 248 g/mol. The minimum absolute atomic E-state index is 0.302. The van der Waals surface area contributed by atoms with Crippen LogP contribution in [-0.4, -0.2) is 6.04 Å². The van der Waals surface area contributed by atoms with Crippen LogP contribution in [0.25, 0.3) is 0 Å². The molecule has 0 saturated heterocycles. The van der Waals surface area contributed by atoms with Crippen LogP contribution in [-0.2, 0) is 0 Å². The molecule has 1 unspecified atom stereocenters. The first-order valence-electron chi connectivity index (χ1n) is 6.68. The van der Waals surface area contributed by atoms with Crippen molar-refractivity contribution in [1.82, 2.24) is 0 Å². The lowest BCUT2D eigenvalue weighted by Crippen LogP contribution is -2.17. The molecule has 0 heterocycles. The van der Waals surface area contributed by atoms with Crippen molar-refractivity contribution in [2.24, 2.45) is 0 Å². The second-order valence-electron chi connectivity index (χ2n) is 4.51. The third-order valence-electron chi connectivity index (χ3n) is 2.96. The lowest BCUT2D eigenvalue weighted by molar-refractivity contribution is 0.592. The molecule has 0 aromatic heterocycles. The van der Waals surface area contributed by atoms with Gasteiger partial charge in [-0.2, -0.15) is 5.26 Å². The Morgan fingerprint density at radius 3 is 2.61 bits per heavy atom. The Morgan fingerprint density at radius 2 is 1.94 bits per heavy atom. The first-order valence-corrected chi connectivity index (χ1v) is 6.68. The zero-order chi connectivity index (χ0) is 13.2. The molecule has 0 saturated carbocycles. The number of nitrogens with one attached hydrogen (secondary N) is 1. The van der Waals surface area contributed by atoms with E-state index in [2.05, 4.69) is 18.3 Å². The van der Waals surface area contributed by atoms with E-state index in [4.69, 9.17) is 5.26 Å². The predicted octanol–water partition coefficient (Wildman–Crippen LogP) is 4.49. The molecule has 0 spiro atoms. The minimum Gasteiger partial charge on any atom is -0.367 e. The van der Waals surface area contributed by atoms with Crippen LogP contribution in [0.1, 0.15) is 45.4 Å². The fourth-order valence-corrected chi connectivity index (χ4v) is 1.89. The van der Waals surface area contributed by atoms with Crippen LogP contribution >= 0.6 is 0 Å². The van der Waals surface area contributed by atoms with Crippen LogP contribution in [0.5, 0.6) is 0 Å². The molecule has 0 amide bonds. The van der Waals surface area contributed by atoms with E-state index in [1.165, 1.54) is 25.3 Å². The number of unbranched alkanes of at least 4 members (excludes halogenated alkanes) is 4. The fourth-order valence-electron chi connectivity index (χ4n) is 1.89. The minimum atomic E-state index is -0.302. The predicted molar refractivity (Wildman–Crippen MR) is 72.8 cm³/mol. The number of benzene rings is 1. The first kappa shape index (κ1) is 14.5. The Bertz CT molecular complexity index is 384. The number of nitriles is 1. The average Bonchev–Trinajstić information content (AvgIpc) is 2.39. The van der Waals surface area contributed by atoms with Gasteiger partial charge in [-0.25, -0.2) is 4.39 Å². The molecule has 2 nitrogen and oxygen atoms in total. The molecule has 18 heavy (non-hydrogen) atoms. The highest BCUT2D eigenvalue weighted by Gasteiger charge is 2.09. The molecular weight excluding hydrogens is 227 g/mol. The SMILES string of the molecule is CCCCCCCC(C#N)Nc1ccccc1F. The molecule has 0 fully saturated rings. The number of nitrogens with zero attached hydrogens (tertiary/aromatic N) is 1. The van der Waals surface area contributed by atoms with Crippen LogP contribution in [0.3, 0.4) is 0 Å². The molecule has 1 aromatic rings. The maximum atomic E-state index is 13.4. The van der Waals surface area contributed by atoms with Crippen molar-refractivity contribution < 1.29 is 4.39 Å². The summed E-state index contributed by atoms with van der Waals surface area (Å²) in [5.74, 6) is -0.302. The summed E-state index contributed by atoms with van der Waals surface area (Å²) in [5, 5.41) is 12.0. The number of halogens is 1. The van der Waals surface area contributed by atoms with E-state index < -0.39 is 0 Å². The molecule has 0 bridgehead atoms. The van der Waals surface area contributed by atoms with Gasteiger partial charge in [0.2, 0.25) is 0 Å². The van der Waals surface area contributed by atoms with Crippen LogP contribution in [0.2, 0.25) is 0 Å². The molecule has 1 atom stereocenters. The molecule has 0 aliphatic heterocycles. The van der Waals surface area contributed by atoms with Gasteiger partial charge in [-0.05, 0) is 18.6 Å². The van der Waals surface area contributed by atoms with E-state index >= 15 is 0 Å². The Morgan fingerprint density at radius 1 is 1.22 bits per heavy atom. The maximum Gasteiger partial charge on any atom is 0.146 e. The summed E-state index contributed by atoms with van der Waals surface area (Å²) in [7, 11) is 0. The Balaban J connectivity index is 2.34. The molecule has 3 heteroatoms. The van der Waals surface area contributed by atoms with Crippen LogP contribution in [0, 0.1) is 17.1 Å². The van der Waals surface area contributed by atoms with Gasteiger partial charge in [0.05, 0.1) is 11.8 Å². The maximum absolute atomic E-state index is 13.4. The summed E-state index contributed by atoms with van der Waals surface area (Å²) < 4.78 is 13.4. The van der Waals surface area contributed by atoms with Gasteiger partial charge >= 0.3 is 0 Å². The quantitative estimate of drug-likeness (QED) is 0.688. The van der Waals surface area contributed by atoms with Gasteiger partial charge < -0.3 is 5.32 Å².